The SMILES string of the molecule is Nn1c(C2CCCCC2C(F)(F)F)n[nH]c1=S. The van der Waals surface area contributed by atoms with E-state index in [1.165, 1.54) is 0 Å². The molecule has 0 spiro atoms. The van der Waals surface area contributed by atoms with Crippen LogP contribution in [-0.2, 0) is 0 Å². The topological polar surface area (TPSA) is 59.6 Å². The van der Waals surface area contributed by atoms with Gasteiger partial charge in [0, 0.05) is 5.92 Å². The second-order valence-corrected chi connectivity index (χ2v) is 4.68. The molecule has 8 heteroatoms. The Morgan fingerprint density at radius 1 is 1.35 bits per heavy atom. The van der Waals surface area contributed by atoms with Gasteiger partial charge < -0.3 is 5.84 Å². The first kappa shape index (κ1) is 12.4. The summed E-state index contributed by atoms with van der Waals surface area (Å²) >= 11 is 4.81. The first-order chi connectivity index (χ1) is 7.91. The van der Waals surface area contributed by atoms with Gasteiger partial charge in [-0.05, 0) is 25.1 Å². The first-order valence-corrected chi connectivity index (χ1v) is 5.81. The molecule has 2 atom stereocenters. The van der Waals surface area contributed by atoms with Gasteiger partial charge in [0.1, 0.15) is 0 Å². The highest BCUT2D eigenvalue weighted by Crippen LogP contribution is 2.45. The predicted octanol–water partition coefficient (Wildman–Crippen LogP) is 2.49. The number of nitrogens with zero attached hydrogens (tertiary/aromatic N) is 2. The number of aromatic nitrogens is 3. The van der Waals surface area contributed by atoms with Crippen LogP contribution in [0.4, 0.5) is 13.2 Å². The molecular weight excluding hydrogens is 253 g/mol. The number of rotatable bonds is 1. The Balaban J connectivity index is 2.34. The summed E-state index contributed by atoms with van der Waals surface area (Å²) in [6.07, 6.45) is -2.28. The first-order valence-electron chi connectivity index (χ1n) is 5.40. The summed E-state index contributed by atoms with van der Waals surface area (Å²) in [5, 5.41) is 6.25. The summed E-state index contributed by atoms with van der Waals surface area (Å²) in [7, 11) is 0. The van der Waals surface area contributed by atoms with Gasteiger partial charge in [-0.2, -0.15) is 18.3 Å². The van der Waals surface area contributed by atoms with Crippen molar-refractivity contribution in [3.63, 3.8) is 0 Å². The van der Waals surface area contributed by atoms with Crippen molar-refractivity contribution < 1.29 is 13.2 Å². The Kier molecular flexibility index (Phi) is 3.15. The number of aromatic amines is 1. The van der Waals surface area contributed by atoms with E-state index in [9.17, 15) is 13.2 Å². The molecule has 1 aromatic heterocycles. The van der Waals surface area contributed by atoms with Crippen molar-refractivity contribution in [3.8, 4) is 0 Å². The maximum absolute atomic E-state index is 12.9. The molecule has 1 saturated carbocycles. The molecule has 2 rings (SSSR count). The molecule has 1 fully saturated rings. The average molecular weight is 266 g/mol. The Hall–Kier alpha value is -1.05. The maximum Gasteiger partial charge on any atom is 0.392 e. The van der Waals surface area contributed by atoms with Gasteiger partial charge in [-0.15, -0.1) is 0 Å². The number of nitrogen functional groups attached to an aromatic ring is 1. The number of H-pyrrole nitrogens is 1. The molecule has 1 aromatic rings. The van der Waals surface area contributed by atoms with Crippen LogP contribution in [0.15, 0.2) is 0 Å². The van der Waals surface area contributed by atoms with Crippen LogP contribution in [-0.4, -0.2) is 21.0 Å². The fourth-order valence-electron chi connectivity index (χ4n) is 2.41. The largest absolute Gasteiger partial charge is 0.392 e. The molecule has 1 heterocycles. The lowest BCUT2D eigenvalue weighted by Gasteiger charge is -2.31. The van der Waals surface area contributed by atoms with Crippen LogP contribution in [0.25, 0.3) is 0 Å². The van der Waals surface area contributed by atoms with Gasteiger partial charge in [0.05, 0.1) is 5.92 Å². The monoisotopic (exact) mass is 266 g/mol. The Morgan fingerprint density at radius 2 is 2.00 bits per heavy atom. The maximum atomic E-state index is 12.9. The lowest BCUT2D eigenvalue weighted by atomic mass is 9.78. The second kappa shape index (κ2) is 4.32. The number of nitrogens with two attached hydrogens (primary N) is 1. The molecule has 4 nitrogen and oxygen atoms in total. The zero-order valence-corrected chi connectivity index (χ0v) is 9.81. The van der Waals surface area contributed by atoms with Crippen molar-refractivity contribution in [2.45, 2.75) is 37.8 Å². The molecule has 3 N–H and O–H groups in total. The number of alkyl halides is 3. The molecule has 96 valence electrons. The molecule has 0 bridgehead atoms. The van der Waals surface area contributed by atoms with Crippen LogP contribution >= 0.6 is 12.2 Å². The van der Waals surface area contributed by atoms with E-state index in [0.29, 0.717) is 12.8 Å². The van der Waals surface area contributed by atoms with Crippen molar-refractivity contribution in [2.24, 2.45) is 5.92 Å². The van der Waals surface area contributed by atoms with E-state index in [1.54, 1.807) is 0 Å². The zero-order chi connectivity index (χ0) is 12.6. The molecule has 17 heavy (non-hydrogen) atoms. The van der Waals surface area contributed by atoms with E-state index in [-0.39, 0.29) is 17.0 Å². The number of hydrogen-bond donors (Lipinski definition) is 2. The Labute approximate surface area is 101 Å². The minimum absolute atomic E-state index is 0.133. The molecule has 1 aliphatic rings. The second-order valence-electron chi connectivity index (χ2n) is 4.30. The molecule has 0 aromatic carbocycles. The molecule has 1 aliphatic carbocycles. The van der Waals surface area contributed by atoms with Crippen LogP contribution < -0.4 is 5.84 Å². The van der Waals surface area contributed by atoms with Gasteiger partial charge >= 0.3 is 6.18 Å². The molecule has 0 aliphatic heterocycles. The van der Waals surface area contributed by atoms with E-state index < -0.39 is 18.0 Å². The van der Waals surface area contributed by atoms with Crippen LogP contribution in [0.2, 0.25) is 0 Å². The lowest BCUT2D eigenvalue weighted by Crippen LogP contribution is -2.34. The zero-order valence-electron chi connectivity index (χ0n) is 9.00. The highest BCUT2D eigenvalue weighted by molar-refractivity contribution is 7.71. The fraction of sp³-hybridized carbons (Fsp3) is 0.778. The minimum Gasteiger partial charge on any atom is -0.335 e. The van der Waals surface area contributed by atoms with Crippen LogP contribution in [0.1, 0.15) is 37.4 Å². The predicted molar refractivity (Wildman–Crippen MR) is 58.3 cm³/mol. The van der Waals surface area contributed by atoms with Gasteiger partial charge in [-0.3, -0.25) is 5.10 Å². The molecule has 0 radical (unpaired) electrons. The summed E-state index contributed by atoms with van der Waals surface area (Å²) in [6.45, 7) is 0. The van der Waals surface area contributed by atoms with Crippen molar-refractivity contribution in [1.82, 2.24) is 14.9 Å². The highest BCUT2D eigenvalue weighted by Gasteiger charge is 2.47. The smallest absolute Gasteiger partial charge is 0.335 e. The number of hydrogen-bond acceptors (Lipinski definition) is 3. The lowest BCUT2D eigenvalue weighted by molar-refractivity contribution is -0.188. The van der Waals surface area contributed by atoms with Gasteiger partial charge in [0.25, 0.3) is 0 Å². The van der Waals surface area contributed by atoms with Crippen molar-refractivity contribution in [1.29, 1.82) is 0 Å². The normalized spacial score (nSPS) is 26.1. The highest BCUT2D eigenvalue weighted by atomic mass is 32.1. The quantitative estimate of drug-likeness (QED) is 0.606. The molecular formula is C9H13F3N4S. The number of nitrogens with one attached hydrogen (secondary N) is 1. The van der Waals surface area contributed by atoms with E-state index in [2.05, 4.69) is 10.2 Å². The summed E-state index contributed by atoms with van der Waals surface area (Å²) in [4.78, 5) is 0. The fourth-order valence-corrected chi connectivity index (χ4v) is 2.55. The third-order valence-electron chi connectivity index (χ3n) is 3.25. The Bertz CT molecular complexity index is 450. The summed E-state index contributed by atoms with van der Waals surface area (Å²) in [5.41, 5.74) is 0. The summed E-state index contributed by atoms with van der Waals surface area (Å²) in [6, 6.07) is 0. The van der Waals surface area contributed by atoms with Crippen LogP contribution in [0.5, 0.6) is 0 Å². The number of halogens is 3. The Morgan fingerprint density at radius 3 is 2.53 bits per heavy atom. The van der Waals surface area contributed by atoms with Gasteiger partial charge in [-0.25, -0.2) is 4.68 Å². The molecule has 0 amide bonds. The van der Waals surface area contributed by atoms with E-state index >= 15 is 0 Å². The minimum atomic E-state index is -4.21. The van der Waals surface area contributed by atoms with E-state index in [0.717, 1.165) is 11.1 Å². The van der Waals surface area contributed by atoms with Gasteiger partial charge in [-0.1, -0.05) is 12.8 Å². The summed E-state index contributed by atoms with van der Waals surface area (Å²) < 4.78 is 39.9. The third-order valence-corrected chi connectivity index (χ3v) is 3.54. The standard InChI is InChI=1S/C9H13F3N4S/c10-9(11,12)6-4-2-1-3-5(6)7-14-15-8(17)16(7)13/h5-6H,1-4,13H2,(H,15,17). The van der Waals surface area contributed by atoms with Crippen molar-refractivity contribution in [2.75, 3.05) is 5.84 Å². The third kappa shape index (κ3) is 2.31. The summed E-state index contributed by atoms with van der Waals surface area (Å²) in [5.74, 6) is 3.73. The van der Waals surface area contributed by atoms with E-state index in [1.807, 2.05) is 0 Å². The van der Waals surface area contributed by atoms with Gasteiger partial charge in [0.2, 0.25) is 4.77 Å². The van der Waals surface area contributed by atoms with Crippen molar-refractivity contribution >= 4 is 12.2 Å². The van der Waals surface area contributed by atoms with Crippen LogP contribution in [0.3, 0.4) is 0 Å². The van der Waals surface area contributed by atoms with Crippen LogP contribution in [0, 0.1) is 10.7 Å². The van der Waals surface area contributed by atoms with Crippen molar-refractivity contribution in [3.05, 3.63) is 10.6 Å². The van der Waals surface area contributed by atoms with E-state index in [4.69, 9.17) is 18.1 Å². The average Bonchev–Trinajstić information content (AvgIpc) is 2.59. The molecule has 0 saturated heterocycles. The molecule has 2 unspecified atom stereocenters. The van der Waals surface area contributed by atoms with Gasteiger partial charge in [0.15, 0.2) is 5.82 Å².